The fraction of sp³-hybridized carbons (Fsp3) is 0.985. The second kappa shape index (κ2) is 64.7. The molecule has 0 aliphatic rings. The molecule has 0 bridgehead atoms. The molecule has 0 saturated heterocycles. The third-order valence-corrected chi connectivity index (χ3v) is 16.6. The molecule has 4 heteroatoms. The van der Waals surface area contributed by atoms with E-state index in [2.05, 4.69) is 19.2 Å². The van der Waals surface area contributed by atoms with Crippen LogP contribution in [0.4, 0.5) is 0 Å². The van der Waals surface area contributed by atoms with Crippen molar-refractivity contribution in [1.29, 1.82) is 0 Å². The monoisotopic (exact) mass is 1020 g/mol. The lowest BCUT2D eigenvalue weighted by atomic mass is 10.0. The van der Waals surface area contributed by atoms with E-state index in [1.807, 2.05) is 0 Å². The molecule has 0 heterocycles. The molecule has 0 aromatic carbocycles. The van der Waals surface area contributed by atoms with Gasteiger partial charge in [0.25, 0.3) is 0 Å². The van der Waals surface area contributed by atoms with Crippen LogP contribution in [0.5, 0.6) is 0 Å². The third-order valence-electron chi connectivity index (χ3n) is 16.6. The summed E-state index contributed by atoms with van der Waals surface area (Å²) < 4.78 is 0. The van der Waals surface area contributed by atoms with Gasteiger partial charge in [-0.3, -0.25) is 4.79 Å². The van der Waals surface area contributed by atoms with E-state index >= 15 is 0 Å². The van der Waals surface area contributed by atoms with Crippen molar-refractivity contribution in [3.05, 3.63) is 0 Å². The third kappa shape index (κ3) is 60.3. The van der Waals surface area contributed by atoms with Crippen LogP contribution in [0.1, 0.15) is 412 Å². The standard InChI is InChI=1S/C68H137NO3/c1-3-5-7-9-11-13-15-17-19-21-23-25-27-29-31-32-33-34-35-36-37-38-40-42-44-46-48-50-52-54-56-58-60-62-64-68(72)69-66(65-70)67(71)63-61-59-57-55-53-51-49-47-45-43-41-39-30-28-26-24-22-20-18-16-14-12-10-8-6-4-2/h66-67,70-71H,3-65H2,1-2H3,(H,69,72). The van der Waals surface area contributed by atoms with Gasteiger partial charge in [-0.2, -0.15) is 0 Å². The minimum atomic E-state index is -0.656. The predicted octanol–water partition coefficient (Wildman–Crippen LogP) is 23.1. The second-order valence-corrected chi connectivity index (χ2v) is 24.0. The lowest BCUT2D eigenvalue weighted by Crippen LogP contribution is -2.45. The number of nitrogens with one attached hydrogen (secondary N) is 1. The highest BCUT2D eigenvalue weighted by molar-refractivity contribution is 5.76. The van der Waals surface area contributed by atoms with Gasteiger partial charge < -0.3 is 15.5 Å². The zero-order valence-electron chi connectivity index (χ0n) is 50.0. The first kappa shape index (κ1) is 71.4. The Morgan fingerprint density at radius 2 is 0.444 bits per heavy atom. The van der Waals surface area contributed by atoms with Gasteiger partial charge in [0.15, 0.2) is 0 Å². The smallest absolute Gasteiger partial charge is 0.220 e. The minimum absolute atomic E-state index is 0.0194. The summed E-state index contributed by atoms with van der Waals surface area (Å²) in [7, 11) is 0. The SMILES string of the molecule is CCCCCCCCCCCCCCCCCCCCCCCCCCCCCCCCCCCCC(=O)NC(CO)C(O)CCCCCCCCCCCCCCCCCCCCCCCCCCCC. The topological polar surface area (TPSA) is 69.6 Å². The molecule has 0 rings (SSSR count). The highest BCUT2D eigenvalue weighted by Crippen LogP contribution is 2.20. The summed E-state index contributed by atoms with van der Waals surface area (Å²) in [6.45, 7) is 4.42. The van der Waals surface area contributed by atoms with Crippen molar-refractivity contribution in [3.63, 3.8) is 0 Å². The molecule has 0 radical (unpaired) electrons. The van der Waals surface area contributed by atoms with E-state index in [9.17, 15) is 15.0 Å². The molecular formula is C68H137NO3. The van der Waals surface area contributed by atoms with Crippen LogP contribution in [0.2, 0.25) is 0 Å². The predicted molar refractivity (Wildman–Crippen MR) is 323 cm³/mol. The maximum atomic E-state index is 12.6. The van der Waals surface area contributed by atoms with E-state index in [1.54, 1.807) is 0 Å². The highest BCUT2D eigenvalue weighted by atomic mass is 16.3. The average molecular weight is 1020 g/mol. The molecule has 0 saturated carbocycles. The van der Waals surface area contributed by atoms with Gasteiger partial charge in [0, 0.05) is 6.42 Å². The quantitative estimate of drug-likeness (QED) is 0.0532. The minimum Gasteiger partial charge on any atom is -0.394 e. The molecule has 0 aromatic rings. The van der Waals surface area contributed by atoms with Crippen molar-refractivity contribution in [2.24, 2.45) is 0 Å². The molecule has 0 spiro atoms. The fourth-order valence-electron chi connectivity index (χ4n) is 11.4. The largest absolute Gasteiger partial charge is 0.394 e. The van der Waals surface area contributed by atoms with Gasteiger partial charge >= 0.3 is 0 Å². The van der Waals surface area contributed by atoms with E-state index in [0.717, 1.165) is 25.7 Å². The molecule has 2 unspecified atom stereocenters. The Balaban J connectivity index is 3.35. The lowest BCUT2D eigenvalue weighted by Gasteiger charge is -2.22. The first-order valence-corrected chi connectivity index (χ1v) is 34.2. The molecule has 3 N–H and O–H groups in total. The number of aliphatic hydroxyl groups excluding tert-OH is 2. The number of rotatable bonds is 65. The first-order valence-electron chi connectivity index (χ1n) is 34.2. The van der Waals surface area contributed by atoms with Gasteiger partial charge in [0.1, 0.15) is 0 Å². The Hall–Kier alpha value is -0.610. The number of carbonyl (C=O) groups excluding carboxylic acids is 1. The maximum absolute atomic E-state index is 12.6. The highest BCUT2D eigenvalue weighted by Gasteiger charge is 2.20. The zero-order valence-corrected chi connectivity index (χ0v) is 50.0. The molecule has 4 nitrogen and oxygen atoms in total. The van der Waals surface area contributed by atoms with Gasteiger partial charge in [0.2, 0.25) is 5.91 Å². The van der Waals surface area contributed by atoms with Gasteiger partial charge in [-0.05, 0) is 12.8 Å². The van der Waals surface area contributed by atoms with Crippen molar-refractivity contribution in [3.8, 4) is 0 Å². The molecular weight excluding hydrogens is 879 g/mol. The molecule has 0 aliphatic heterocycles. The van der Waals surface area contributed by atoms with E-state index in [4.69, 9.17) is 0 Å². The first-order chi connectivity index (χ1) is 35.7. The molecule has 0 aliphatic carbocycles. The maximum Gasteiger partial charge on any atom is 0.220 e. The molecule has 432 valence electrons. The lowest BCUT2D eigenvalue weighted by molar-refractivity contribution is -0.123. The van der Waals surface area contributed by atoms with Crippen molar-refractivity contribution in [2.45, 2.75) is 424 Å². The number of hydrogen-bond acceptors (Lipinski definition) is 3. The Bertz CT molecular complexity index is 971. The number of hydrogen-bond donors (Lipinski definition) is 3. The number of unbranched alkanes of at least 4 members (excludes halogenated alkanes) is 58. The van der Waals surface area contributed by atoms with E-state index in [1.165, 1.54) is 360 Å². The van der Waals surface area contributed by atoms with Crippen LogP contribution in [-0.4, -0.2) is 34.9 Å². The van der Waals surface area contributed by atoms with Crippen molar-refractivity contribution >= 4 is 5.91 Å². The van der Waals surface area contributed by atoms with Gasteiger partial charge in [-0.25, -0.2) is 0 Å². The van der Waals surface area contributed by atoms with Gasteiger partial charge in [-0.1, -0.05) is 393 Å². The molecule has 0 aromatic heterocycles. The van der Waals surface area contributed by atoms with Crippen LogP contribution >= 0.6 is 0 Å². The van der Waals surface area contributed by atoms with Crippen LogP contribution in [-0.2, 0) is 4.79 Å². The van der Waals surface area contributed by atoms with Crippen LogP contribution in [0.15, 0.2) is 0 Å². The Labute approximate surface area is 454 Å². The Morgan fingerprint density at radius 1 is 0.278 bits per heavy atom. The molecule has 72 heavy (non-hydrogen) atoms. The average Bonchev–Trinajstić information content (AvgIpc) is 3.39. The normalized spacial score (nSPS) is 12.6. The van der Waals surface area contributed by atoms with Crippen LogP contribution < -0.4 is 5.32 Å². The number of aliphatic hydroxyl groups is 2. The summed E-state index contributed by atoms with van der Waals surface area (Å²) in [4.78, 5) is 12.6. The summed E-state index contributed by atoms with van der Waals surface area (Å²) in [5.41, 5.74) is 0. The summed E-state index contributed by atoms with van der Waals surface area (Å²) >= 11 is 0. The fourth-order valence-corrected chi connectivity index (χ4v) is 11.4. The second-order valence-electron chi connectivity index (χ2n) is 24.0. The number of amides is 1. The zero-order chi connectivity index (χ0) is 52.0. The van der Waals surface area contributed by atoms with Crippen molar-refractivity contribution in [1.82, 2.24) is 5.32 Å². The summed E-state index contributed by atoms with van der Waals surface area (Å²) in [5, 5.41) is 23.5. The molecule has 1 amide bonds. The summed E-state index contributed by atoms with van der Waals surface area (Å²) in [5.74, 6) is -0.0194. The van der Waals surface area contributed by atoms with E-state index in [-0.39, 0.29) is 12.5 Å². The Morgan fingerprint density at radius 3 is 0.625 bits per heavy atom. The molecule has 0 fully saturated rings. The van der Waals surface area contributed by atoms with Crippen molar-refractivity contribution in [2.75, 3.05) is 6.61 Å². The number of carbonyl (C=O) groups is 1. The van der Waals surface area contributed by atoms with Gasteiger partial charge in [-0.15, -0.1) is 0 Å². The van der Waals surface area contributed by atoms with Crippen molar-refractivity contribution < 1.29 is 15.0 Å². The van der Waals surface area contributed by atoms with Crippen LogP contribution in [0.3, 0.4) is 0 Å². The Kier molecular flexibility index (Phi) is 64.1. The van der Waals surface area contributed by atoms with Crippen LogP contribution in [0, 0.1) is 0 Å². The molecule has 2 atom stereocenters. The van der Waals surface area contributed by atoms with Crippen LogP contribution in [0.25, 0.3) is 0 Å². The summed E-state index contributed by atoms with van der Waals surface area (Å²) in [6.07, 6.45) is 84.5. The van der Waals surface area contributed by atoms with Gasteiger partial charge in [0.05, 0.1) is 18.8 Å². The van der Waals surface area contributed by atoms with E-state index in [0.29, 0.717) is 12.8 Å². The van der Waals surface area contributed by atoms with E-state index < -0.39 is 12.1 Å². The summed E-state index contributed by atoms with van der Waals surface area (Å²) in [6, 6.07) is -0.533.